The van der Waals surface area contributed by atoms with E-state index in [1.807, 2.05) is 0 Å². The van der Waals surface area contributed by atoms with Crippen LogP contribution in [0.25, 0.3) is 0 Å². The first kappa shape index (κ1) is 9.61. The number of hydrogen-bond acceptors (Lipinski definition) is 5. The van der Waals surface area contributed by atoms with Crippen molar-refractivity contribution in [3.05, 3.63) is 11.8 Å². The first-order valence-corrected chi connectivity index (χ1v) is 5.00. The normalized spacial score (nSPS) is 24.0. The average Bonchev–Trinajstić information content (AvgIpc) is 2.66. The maximum Gasteiger partial charge on any atom is 0.230 e. The van der Waals surface area contributed by atoms with Gasteiger partial charge in [0.25, 0.3) is 0 Å². The Balaban J connectivity index is 2.06. The molecule has 5 nitrogen and oxygen atoms in total. The molecule has 0 amide bonds. The highest BCUT2D eigenvalue weighted by Crippen LogP contribution is 2.24. The second-order valence-corrected chi connectivity index (χ2v) is 3.84. The Kier molecular flexibility index (Phi) is 2.79. The minimum atomic E-state index is 0.329. The molecule has 1 aromatic heterocycles. The molecule has 1 aliphatic heterocycles. The number of piperidine rings is 1. The Bertz CT molecular complexity index is 299. The van der Waals surface area contributed by atoms with E-state index in [9.17, 15) is 0 Å². The van der Waals surface area contributed by atoms with Gasteiger partial charge in [-0.2, -0.15) is 0 Å². The van der Waals surface area contributed by atoms with Crippen LogP contribution in [0.5, 0.6) is 0 Å². The topological polar surface area (TPSA) is 68.2 Å². The van der Waals surface area contributed by atoms with E-state index in [-0.39, 0.29) is 0 Å². The molecule has 0 saturated carbocycles. The summed E-state index contributed by atoms with van der Waals surface area (Å²) in [7, 11) is 2.12. The molecule has 78 valence electrons. The smallest absolute Gasteiger partial charge is 0.230 e. The molecule has 5 heteroatoms. The molecule has 1 fully saturated rings. The zero-order chi connectivity index (χ0) is 9.97. The van der Waals surface area contributed by atoms with Crippen molar-refractivity contribution < 1.29 is 4.42 Å². The highest BCUT2D eigenvalue weighted by molar-refractivity contribution is 4.94. The molecular formula is C9H16N4O. The highest BCUT2D eigenvalue weighted by Gasteiger charge is 2.23. The molecule has 1 saturated heterocycles. The SMILES string of the molecule is CN1CCC[C@H](c2nnc(CN)o2)C1. The van der Waals surface area contributed by atoms with Gasteiger partial charge < -0.3 is 15.1 Å². The number of aromatic nitrogens is 2. The standard InChI is InChI=1S/C9H16N4O/c1-13-4-2-3-7(6-13)9-12-11-8(5-10)14-9/h7H,2-6,10H2,1H3/t7-/m0/s1. The van der Waals surface area contributed by atoms with Crippen LogP contribution in [0.2, 0.25) is 0 Å². The largest absolute Gasteiger partial charge is 0.424 e. The minimum Gasteiger partial charge on any atom is -0.424 e. The van der Waals surface area contributed by atoms with Crippen LogP contribution in [0.1, 0.15) is 30.5 Å². The van der Waals surface area contributed by atoms with Crippen LogP contribution in [0.3, 0.4) is 0 Å². The zero-order valence-electron chi connectivity index (χ0n) is 8.44. The van der Waals surface area contributed by atoms with E-state index in [4.69, 9.17) is 10.2 Å². The van der Waals surface area contributed by atoms with Gasteiger partial charge in [0.15, 0.2) is 0 Å². The first-order valence-electron chi connectivity index (χ1n) is 5.00. The third kappa shape index (κ3) is 1.93. The average molecular weight is 196 g/mol. The van der Waals surface area contributed by atoms with Crippen LogP contribution >= 0.6 is 0 Å². The van der Waals surface area contributed by atoms with Gasteiger partial charge in [0, 0.05) is 6.54 Å². The molecular weight excluding hydrogens is 180 g/mol. The summed E-state index contributed by atoms with van der Waals surface area (Å²) in [5.41, 5.74) is 5.41. The van der Waals surface area contributed by atoms with Crippen molar-refractivity contribution in [1.82, 2.24) is 15.1 Å². The minimum absolute atomic E-state index is 0.329. The third-order valence-electron chi connectivity index (χ3n) is 2.63. The third-order valence-corrected chi connectivity index (χ3v) is 2.63. The molecule has 1 aliphatic rings. The van der Waals surface area contributed by atoms with Crippen LogP contribution in [-0.2, 0) is 6.54 Å². The Morgan fingerprint density at radius 1 is 1.57 bits per heavy atom. The lowest BCUT2D eigenvalue weighted by atomic mass is 9.99. The quantitative estimate of drug-likeness (QED) is 0.738. The van der Waals surface area contributed by atoms with Crippen molar-refractivity contribution in [1.29, 1.82) is 0 Å². The van der Waals surface area contributed by atoms with Gasteiger partial charge >= 0.3 is 0 Å². The van der Waals surface area contributed by atoms with Crippen molar-refractivity contribution in [2.75, 3.05) is 20.1 Å². The molecule has 14 heavy (non-hydrogen) atoms. The molecule has 0 radical (unpaired) electrons. The molecule has 2 rings (SSSR count). The number of hydrogen-bond donors (Lipinski definition) is 1. The fourth-order valence-electron chi connectivity index (χ4n) is 1.88. The van der Waals surface area contributed by atoms with E-state index in [0.717, 1.165) is 25.4 Å². The molecule has 2 N–H and O–H groups in total. The second kappa shape index (κ2) is 4.06. The molecule has 0 aromatic carbocycles. The summed E-state index contributed by atoms with van der Waals surface area (Å²) in [4.78, 5) is 2.29. The van der Waals surface area contributed by atoms with Crippen LogP contribution in [0, 0.1) is 0 Å². The van der Waals surface area contributed by atoms with E-state index in [0.29, 0.717) is 18.4 Å². The van der Waals surface area contributed by atoms with Crippen molar-refractivity contribution >= 4 is 0 Å². The van der Waals surface area contributed by atoms with Crippen LogP contribution in [0.15, 0.2) is 4.42 Å². The summed E-state index contributed by atoms with van der Waals surface area (Å²) in [5, 5.41) is 7.90. The highest BCUT2D eigenvalue weighted by atomic mass is 16.4. The number of likely N-dealkylation sites (N-methyl/N-ethyl adjacent to an activating group) is 1. The van der Waals surface area contributed by atoms with E-state index >= 15 is 0 Å². The second-order valence-electron chi connectivity index (χ2n) is 3.84. The summed E-state index contributed by atoms with van der Waals surface area (Å²) in [6, 6.07) is 0. The van der Waals surface area contributed by atoms with E-state index in [1.54, 1.807) is 0 Å². The van der Waals surface area contributed by atoms with Gasteiger partial charge in [-0.05, 0) is 26.4 Å². The summed E-state index contributed by atoms with van der Waals surface area (Å²) in [6.45, 7) is 2.50. The predicted molar refractivity (Wildman–Crippen MR) is 51.7 cm³/mol. The van der Waals surface area contributed by atoms with E-state index in [1.165, 1.54) is 6.42 Å². The summed E-state index contributed by atoms with van der Waals surface area (Å²) >= 11 is 0. The fraction of sp³-hybridized carbons (Fsp3) is 0.778. The first-order chi connectivity index (χ1) is 6.79. The number of nitrogens with zero attached hydrogens (tertiary/aromatic N) is 3. The summed E-state index contributed by atoms with van der Waals surface area (Å²) in [6.07, 6.45) is 2.33. The molecule has 0 unspecified atom stereocenters. The van der Waals surface area contributed by atoms with Gasteiger partial charge in [-0.1, -0.05) is 0 Å². The van der Waals surface area contributed by atoms with Crippen molar-refractivity contribution in [2.24, 2.45) is 5.73 Å². The molecule has 1 aromatic rings. The number of nitrogens with two attached hydrogens (primary N) is 1. The molecule has 0 bridgehead atoms. The Morgan fingerprint density at radius 2 is 2.43 bits per heavy atom. The Morgan fingerprint density at radius 3 is 3.07 bits per heavy atom. The van der Waals surface area contributed by atoms with Crippen molar-refractivity contribution in [3.8, 4) is 0 Å². The van der Waals surface area contributed by atoms with Gasteiger partial charge in [-0.3, -0.25) is 0 Å². The van der Waals surface area contributed by atoms with Crippen LogP contribution in [0.4, 0.5) is 0 Å². The van der Waals surface area contributed by atoms with Gasteiger partial charge in [0.05, 0.1) is 12.5 Å². The van der Waals surface area contributed by atoms with Crippen molar-refractivity contribution in [2.45, 2.75) is 25.3 Å². The lowest BCUT2D eigenvalue weighted by Crippen LogP contribution is -2.30. The lowest BCUT2D eigenvalue weighted by Gasteiger charge is -2.27. The number of rotatable bonds is 2. The van der Waals surface area contributed by atoms with Gasteiger partial charge in [-0.15, -0.1) is 10.2 Å². The monoisotopic (exact) mass is 196 g/mol. The Hall–Kier alpha value is -0.940. The van der Waals surface area contributed by atoms with Crippen LogP contribution in [-0.4, -0.2) is 35.2 Å². The maximum atomic E-state index is 5.45. The predicted octanol–water partition coefficient (Wildman–Crippen LogP) is 0.338. The van der Waals surface area contributed by atoms with Crippen molar-refractivity contribution in [3.63, 3.8) is 0 Å². The van der Waals surface area contributed by atoms with E-state index < -0.39 is 0 Å². The Labute approximate surface area is 83.3 Å². The molecule has 0 aliphatic carbocycles. The van der Waals surface area contributed by atoms with E-state index in [2.05, 4.69) is 22.1 Å². The van der Waals surface area contributed by atoms with Gasteiger partial charge in [-0.25, -0.2) is 0 Å². The van der Waals surface area contributed by atoms with Crippen LogP contribution < -0.4 is 5.73 Å². The fourth-order valence-corrected chi connectivity index (χ4v) is 1.88. The summed E-state index contributed by atoms with van der Waals surface area (Å²) < 4.78 is 5.45. The molecule has 0 spiro atoms. The molecule has 2 heterocycles. The summed E-state index contributed by atoms with van der Waals surface area (Å²) in [5.74, 6) is 1.67. The number of likely N-dealkylation sites (tertiary alicyclic amines) is 1. The zero-order valence-corrected chi connectivity index (χ0v) is 8.44. The maximum absolute atomic E-state index is 5.45. The van der Waals surface area contributed by atoms with Gasteiger partial charge in [0.1, 0.15) is 0 Å². The lowest BCUT2D eigenvalue weighted by molar-refractivity contribution is 0.228. The van der Waals surface area contributed by atoms with Gasteiger partial charge in [0.2, 0.25) is 11.8 Å². The molecule has 1 atom stereocenters.